The van der Waals surface area contributed by atoms with E-state index in [9.17, 15) is 8.42 Å². The van der Waals surface area contributed by atoms with Gasteiger partial charge in [0.25, 0.3) is 0 Å². The standard InChI is InChI=1S/C21H30N6O2S/c1-24-11-9-20(23-24)17-5-7-19(8-6-17)30(28,29)27-12-10-22-21(27)26-15-13-25(14-16-26)18-3-2-4-18/h5-9,11,18,21-22H,2-4,10,12-16H2,1H3. The number of piperazine rings is 1. The van der Waals surface area contributed by atoms with Gasteiger partial charge in [0.05, 0.1) is 10.6 Å². The summed E-state index contributed by atoms with van der Waals surface area (Å²) in [6.07, 6.45) is 5.60. The molecule has 0 spiro atoms. The summed E-state index contributed by atoms with van der Waals surface area (Å²) in [5, 5.41) is 7.79. The van der Waals surface area contributed by atoms with Crippen molar-refractivity contribution < 1.29 is 8.42 Å². The first kappa shape index (κ1) is 20.1. The average Bonchev–Trinajstić information content (AvgIpc) is 3.37. The van der Waals surface area contributed by atoms with Gasteiger partial charge in [-0.2, -0.15) is 9.40 Å². The van der Waals surface area contributed by atoms with Crippen molar-refractivity contribution in [3.63, 3.8) is 0 Å². The van der Waals surface area contributed by atoms with Gasteiger partial charge in [0.2, 0.25) is 10.0 Å². The fraction of sp³-hybridized carbons (Fsp3) is 0.571. The van der Waals surface area contributed by atoms with Crippen molar-refractivity contribution in [3.05, 3.63) is 36.5 Å². The number of nitrogens with one attached hydrogen (secondary N) is 1. The molecular formula is C21H30N6O2S. The molecule has 1 atom stereocenters. The summed E-state index contributed by atoms with van der Waals surface area (Å²) >= 11 is 0. The van der Waals surface area contributed by atoms with Gasteiger partial charge in [0.1, 0.15) is 6.29 Å². The van der Waals surface area contributed by atoms with Gasteiger partial charge in [-0.15, -0.1) is 0 Å². The highest BCUT2D eigenvalue weighted by atomic mass is 32.2. The Morgan fingerprint density at radius 2 is 1.67 bits per heavy atom. The third-order valence-electron chi connectivity index (χ3n) is 6.69. The lowest BCUT2D eigenvalue weighted by Crippen LogP contribution is -2.60. The van der Waals surface area contributed by atoms with Crippen LogP contribution in [-0.2, 0) is 17.1 Å². The molecule has 1 aliphatic carbocycles. The van der Waals surface area contributed by atoms with Crippen LogP contribution in [0.3, 0.4) is 0 Å². The molecule has 1 unspecified atom stereocenters. The second kappa shape index (κ2) is 8.05. The van der Waals surface area contributed by atoms with Gasteiger partial charge >= 0.3 is 0 Å². The van der Waals surface area contributed by atoms with E-state index in [0.29, 0.717) is 18.0 Å². The lowest BCUT2D eigenvalue weighted by molar-refractivity contribution is 0.0170. The Labute approximate surface area is 178 Å². The van der Waals surface area contributed by atoms with Gasteiger partial charge in [-0.25, -0.2) is 8.42 Å². The highest BCUT2D eigenvalue weighted by Gasteiger charge is 2.40. The molecule has 3 heterocycles. The smallest absolute Gasteiger partial charge is 0.245 e. The highest BCUT2D eigenvalue weighted by Crippen LogP contribution is 2.28. The lowest BCUT2D eigenvalue weighted by Gasteiger charge is -2.45. The van der Waals surface area contributed by atoms with Crippen molar-refractivity contribution in [2.24, 2.45) is 7.05 Å². The molecule has 30 heavy (non-hydrogen) atoms. The normalized spacial score (nSPS) is 24.9. The Morgan fingerprint density at radius 3 is 2.27 bits per heavy atom. The summed E-state index contributed by atoms with van der Waals surface area (Å²) in [6, 6.07) is 9.75. The van der Waals surface area contributed by atoms with Gasteiger partial charge in [0.15, 0.2) is 0 Å². The van der Waals surface area contributed by atoms with Crippen molar-refractivity contribution in [1.82, 2.24) is 29.2 Å². The van der Waals surface area contributed by atoms with Crippen LogP contribution in [-0.4, -0.2) is 83.9 Å². The van der Waals surface area contributed by atoms with Crippen LogP contribution >= 0.6 is 0 Å². The van der Waals surface area contributed by atoms with Gasteiger partial charge < -0.3 is 0 Å². The molecule has 162 valence electrons. The monoisotopic (exact) mass is 430 g/mol. The van der Waals surface area contributed by atoms with Gasteiger partial charge in [0, 0.05) is 64.1 Å². The SMILES string of the molecule is Cn1ccc(-c2ccc(S(=O)(=O)N3CCNC3N3CCN(C4CCC4)CC3)cc2)n1. The zero-order valence-corrected chi connectivity index (χ0v) is 18.3. The number of rotatable bonds is 5. The number of aromatic nitrogens is 2. The zero-order chi connectivity index (χ0) is 20.7. The Kier molecular flexibility index (Phi) is 5.40. The largest absolute Gasteiger partial charge is 0.298 e. The maximum atomic E-state index is 13.4. The van der Waals surface area contributed by atoms with Crippen LogP contribution in [0, 0.1) is 0 Å². The van der Waals surface area contributed by atoms with Crippen molar-refractivity contribution in [3.8, 4) is 11.3 Å². The predicted octanol–water partition coefficient (Wildman–Crippen LogP) is 1.13. The molecule has 3 fully saturated rings. The Morgan fingerprint density at radius 1 is 0.967 bits per heavy atom. The third kappa shape index (κ3) is 3.69. The minimum atomic E-state index is -3.56. The molecule has 1 aromatic heterocycles. The quantitative estimate of drug-likeness (QED) is 0.767. The summed E-state index contributed by atoms with van der Waals surface area (Å²) in [4.78, 5) is 5.19. The predicted molar refractivity (Wildman–Crippen MR) is 115 cm³/mol. The molecule has 0 bridgehead atoms. The van der Waals surface area contributed by atoms with E-state index in [0.717, 1.165) is 43.5 Å². The molecule has 1 aromatic carbocycles. The van der Waals surface area contributed by atoms with Crippen LogP contribution in [0.1, 0.15) is 19.3 Å². The van der Waals surface area contributed by atoms with E-state index in [-0.39, 0.29) is 6.29 Å². The van der Waals surface area contributed by atoms with Crippen LogP contribution in [0.4, 0.5) is 0 Å². The number of sulfonamides is 1. The average molecular weight is 431 g/mol. The zero-order valence-electron chi connectivity index (χ0n) is 17.4. The summed E-state index contributed by atoms with van der Waals surface area (Å²) in [5.74, 6) is 0. The molecular weight excluding hydrogens is 400 g/mol. The second-order valence-corrected chi connectivity index (χ2v) is 10.4. The van der Waals surface area contributed by atoms with Crippen LogP contribution in [0.25, 0.3) is 11.3 Å². The number of hydrogen-bond acceptors (Lipinski definition) is 6. The van der Waals surface area contributed by atoms with E-state index in [1.165, 1.54) is 19.3 Å². The van der Waals surface area contributed by atoms with E-state index < -0.39 is 10.0 Å². The first-order chi connectivity index (χ1) is 14.5. The first-order valence-electron chi connectivity index (χ1n) is 10.9. The van der Waals surface area contributed by atoms with E-state index in [1.54, 1.807) is 21.1 Å². The molecule has 9 heteroatoms. The van der Waals surface area contributed by atoms with E-state index >= 15 is 0 Å². The molecule has 5 rings (SSSR count). The number of aryl methyl sites for hydroxylation is 1. The molecule has 8 nitrogen and oxygen atoms in total. The van der Waals surface area contributed by atoms with Crippen molar-refractivity contribution in [2.45, 2.75) is 36.5 Å². The molecule has 2 aromatic rings. The van der Waals surface area contributed by atoms with E-state index in [2.05, 4.69) is 20.2 Å². The summed E-state index contributed by atoms with van der Waals surface area (Å²) in [7, 11) is -1.69. The number of nitrogens with zero attached hydrogens (tertiary/aromatic N) is 5. The molecule has 0 radical (unpaired) electrons. The summed E-state index contributed by atoms with van der Waals surface area (Å²) in [6.45, 7) is 5.03. The molecule has 1 saturated carbocycles. The Balaban J connectivity index is 1.29. The summed E-state index contributed by atoms with van der Waals surface area (Å²) < 4.78 is 30.2. The molecule has 3 aliphatic rings. The fourth-order valence-electron chi connectivity index (χ4n) is 4.69. The fourth-order valence-corrected chi connectivity index (χ4v) is 6.25. The second-order valence-electron chi connectivity index (χ2n) is 8.50. The number of benzene rings is 1. The van der Waals surface area contributed by atoms with E-state index in [1.807, 2.05) is 31.4 Å². The Bertz CT molecular complexity index is 977. The number of hydrogen-bond donors (Lipinski definition) is 1. The van der Waals surface area contributed by atoms with Crippen LogP contribution in [0.15, 0.2) is 41.4 Å². The maximum Gasteiger partial charge on any atom is 0.245 e. The van der Waals surface area contributed by atoms with Gasteiger partial charge in [-0.3, -0.25) is 19.8 Å². The van der Waals surface area contributed by atoms with Crippen molar-refractivity contribution in [1.29, 1.82) is 0 Å². The molecule has 2 aliphatic heterocycles. The maximum absolute atomic E-state index is 13.4. The molecule has 1 N–H and O–H groups in total. The molecule has 2 saturated heterocycles. The Hall–Kier alpha value is -1.78. The lowest BCUT2D eigenvalue weighted by atomic mass is 9.91. The van der Waals surface area contributed by atoms with Crippen LogP contribution in [0.5, 0.6) is 0 Å². The van der Waals surface area contributed by atoms with Crippen LogP contribution < -0.4 is 5.32 Å². The topological polar surface area (TPSA) is 73.7 Å². The van der Waals surface area contributed by atoms with E-state index in [4.69, 9.17) is 0 Å². The highest BCUT2D eigenvalue weighted by molar-refractivity contribution is 7.89. The summed E-state index contributed by atoms with van der Waals surface area (Å²) in [5.41, 5.74) is 1.75. The molecule has 0 amide bonds. The van der Waals surface area contributed by atoms with Crippen molar-refractivity contribution >= 4 is 10.0 Å². The van der Waals surface area contributed by atoms with Crippen molar-refractivity contribution in [2.75, 3.05) is 39.3 Å². The van der Waals surface area contributed by atoms with Gasteiger partial charge in [-0.05, 0) is 31.0 Å². The first-order valence-corrected chi connectivity index (χ1v) is 12.3. The minimum absolute atomic E-state index is 0.256. The minimum Gasteiger partial charge on any atom is -0.298 e. The van der Waals surface area contributed by atoms with Gasteiger partial charge in [-0.1, -0.05) is 18.6 Å². The van der Waals surface area contributed by atoms with Crippen LogP contribution in [0.2, 0.25) is 0 Å². The third-order valence-corrected chi connectivity index (χ3v) is 8.56.